The van der Waals surface area contributed by atoms with Crippen LogP contribution >= 0.6 is 0 Å². The predicted molar refractivity (Wildman–Crippen MR) is 95.4 cm³/mol. The van der Waals surface area contributed by atoms with E-state index in [2.05, 4.69) is 13.8 Å². The minimum absolute atomic E-state index is 0.235. The highest BCUT2D eigenvalue weighted by Crippen LogP contribution is 2.65. The molecule has 0 aromatic carbocycles. The van der Waals surface area contributed by atoms with Crippen LogP contribution in [0.15, 0.2) is 11.6 Å². The third kappa shape index (κ3) is 2.28. The molecule has 0 spiro atoms. The number of carbonyl (C=O) groups excluding carboxylic acids is 2. The van der Waals surface area contributed by atoms with Crippen LogP contribution in [-0.2, 0) is 9.59 Å². The van der Waals surface area contributed by atoms with Crippen LogP contribution in [0.5, 0.6) is 0 Å². The summed E-state index contributed by atoms with van der Waals surface area (Å²) >= 11 is 0. The van der Waals surface area contributed by atoms with Gasteiger partial charge in [-0.2, -0.15) is 0 Å². The minimum atomic E-state index is 0.235. The summed E-state index contributed by atoms with van der Waals surface area (Å²) in [5.74, 6) is 4.64. The predicted octanol–water partition coefficient (Wildman–Crippen LogP) is 4.97. The molecule has 0 aromatic rings. The second-order valence-corrected chi connectivity index (χ2v) is 9.34. The molecule has 0 amide bonds. The molecule has 7 atom stereocenters. The van der Waals surface area contributed by atoms with Crippen molar-refractivity contribution in [1.82, 2.24) is 0 Å². The lowest BCUT2D eigenvalue weighted by atomic mass is 9.51. The minimum Gasteiger partial charge on any atom is -0.300 e. The first-order valence-corrected chi connectivity index (χ1v) is 10.2. The van der Waals surface area contributed by atoms with Gasteiger partial charge in [0.1, 0.15) is 5.78 Å². The van der Waals surface area contributed by atoms with Gasteiger partial charge in [0.15, 0.2) is 5.78 Å². The van der Waals surface area contributed by atoms with E-state index in [1.54, 1.807) is 0 Å². The SMILES string of the molecule is CC[C@@H]1C[C@H]2[C@@H]3CCC4=CC(=O)CC[C@@H]4[C@H]3CC[C@]2(C)[C@H]1C(C)=O. The summed E-state index contributed by atoms with van der Waals surface area (Å²) in [5.41, 5.74) is 1.70. The molecule has 4 aliphatic carbocycles. The van der Waals surface area contributed by atoms with Crippen LogP contribution in [0.4, 0.5) is 0 Å². The van der Waals surface area contributed by atoms with Crippen molar-refractivity contribution >= 4 is 11.6 Å². The first-order chi connectivity index (χ1) is 11.5. The molecule has 0 bridgehead atoms. The standard InChI is InChI=1S/C22H32O2/c1-4-14-12-20-19-7-5-15-11-16(24)6-8-17(15)18(19)9-10-22(20,3)21(14)13(2)23/h11,14,17-21H,4-10,12H2,1-3H3/t14-,17+,18-,19-,20+,21+,22+/m1/s1. The van der Waals surface area contributed by atoms with Crippen LogP contribution in [0.25, 0.3) is 0 Å². The second kappa shape index (κ2) is 5.81. The van der Waals surface area contributed by atoms with E-state index in [0.29, 0.717) is 29.3 Å². The molecule has 3 fully saturated rings. The zero-order chi connectivity index (χ0) is 17.1. The largest absolute Gasteiger partial charge is 0.300 e. The molecule has 4 aliphatic rings. The molecule has 0 saturated heterocycles. The fraction of sp³-hybridized carbons (Fsp3) is 0.818. The van der Waals surface area contributed by atoms with Crippen LogP contribution in [0, 0.1) is 40.9 Å². The van der Waals surface area contributed by atoms with Crippen LogP contribution in [0.3, 0.4) is 0 Å². The molecular formula is C22H32O2. The van der Waals surface area contributed by atoms with Crippen molar-refractivity contribution in [2.45, 2.75) is 72.1 Å². The van der Waals surface area contributed by atoms with Gasteiger partial charge in [0.25, 0.3) is 0 Å². The van der Waals surface area contributed by atoms with Gasteiger partial charge in [-0.25, -0.2) is 0 Å². The maximum Gasteiger partial charge on any atom is 0.155 e. The van der Waals surface area contributed by atoms with Crippen molar-refractivity contribution in [3.8, 4) is 0 Å². The van der Waals surface area contributed by atoms with Gasteiger partial charge < -0.3 is 0 Å². The monoisotopic (exact) mass is 328 g/mol. The average molecular weight is 328 g/mol. The molecule has 132 valence electrons. The van der Waals surface area contributed by atoms with E-state index in [9.17, 15) is 9.59 Å². The zero-order valence-electron chi connectivity index (χ0n) is 15.5. The van der Waals surface area contributed by atoms with Crippen LogP contribution in [0.1, 0.15) is 72.1 Å². The molecule has 0 radical (unpaired) electrons. The summed E-state index contributed by atoms with van der Waals surface area (Å²) in [6.45, 7) is 6.54. The molecule has 0 aliphatic heterocycles. The Morgan fingerprint density at radius 3 is 2.71 bits per heavy atom. The highest BCUT2D eigenvalue weighted by molar-refractivity contribution is 5.91. The van der Waals surface area contributed by atoms with Gasteiger partial charge in [-0.3, -0.25) is 9.59 Å². The molecule has 0 unspecified atom stereocenters. The maximum atomic E-state index is 12.5. The fourth-order valence-electron chi connectivity index (χ4n) is 7.56. The van der Waals surface area contributed by atoms with Crippen LogP contribution in [0.2, 0.25) is 0 Å². The Labute approximate surface area is 146 Å². The van der Waals surface area contributed by atoms with Gasteiger partial charge in [0.2, 0.25) is 0 Å². The Morgan fingerprint density at radius 2 is 2.00 bits per heavy atom. The lowest BCUT2D eigenvalue weighted by Gasteiger charge is -2.53. The van der Waals surface area contributed by atoms with E-state index in [4.69, 9.17) is 0 Å². The van der Waals surface area contributed by atoms with Crippen molar-refractivity contribution < 1.29 is 9.59 Å². The number of allylic oxidation sites excluding steroid dienone is 1. The third-order valence-corrected chi connectivity index (χ3v) is 8.44. The van der Waals surface area contributed by atoms with Gasteiger partial charge in [-0.1, -0.05) is 25.8 Å². The Bertz CT molecular complexity index is 589. The number of fused-ring (bicyclic) bond motifs is 5. The highest BCUT2D eigenvalue weighted by atomic mass is 16.1. The van der Waals surface area contributed by atoms with Crippen molar-refractivity contribution in [3.05, 3.63) is 11.6 Å². The Kier molecular flexibility index (Phi) is 4.01. The van der Waals surface area contributed by atoms with Crippen molar-refractivity contribution in [2.24, 2.45) is 40.9 Å². The number of ketones is 2. The number of carbonyl (C=O) groups is 2. The molecular weight excluding hydrogens is 296 g/mol. The van der Waals surface area contributed by atoms with Crippen molar-refractivity contribution in [1.29, 1.82) is 0 Å². The lowest BCUT2D eigenvalue weighted by Crippen LogP contribution is -2.47. The number of Topliss-reactive ketones (excluding diaryl/α,β-unsaturated/α-hetero) is 1. The summed E-state index contributed by atoms with van der Waals surface area (Å²) in [7, 11) is 0. The van der Waals surface area contributed by atoms with Crippen LogP contribution in [-0.4, -0.2) is 11.6 Å². The number of rotatable bonds is 2. The molecule has 0 heterocycles. The number of hydrogen-bond donors (Lipinski definition) is 0. The number of hydrogen-bond acceptors (Lipinski definition) is 2. The second-order valence-electron chi connectivity index (χ2n) is 9.34. The maximum absolute atomic E-state index is 12.5. The average Bonchev–Trinajstić information content (AvgIpc) is 2.86. The molecule has 3 saturated carbocycles. The van der Waals surface area contributed by atoms with E-state index in [1.165, 1.54) is 31.3 Å². The third-order valence-electron chi connectivity index (χ3n) is 8.44. The van der Waals surface area contributed by atoms with Crippen molar-refractivity contribution in [2.75, 3.05) is 0 Å². The molecule has 0 aromatic heterocycles. The lowest BCUT2D eigenvalue weighted by molar-refractivity contribution is -0.128. The summed E-state index contributed by atoms with van der Waals surface area (Å²) < 4.78 is 0. The summed E-state index contributed by atoms with van der Waals surface area (Å²) in [4.78, 5) is 24.3. The Morgan fingerprint density at radius 1 is 1.21 bits per heavy atom. The fourth-order valence-corrected chi connectivity index (χ4v) is 7.56. The Balaban J connectivity index is 1.64. The first kappa shape index (κ1) is 16.5. The van der Waals surface area contributed by atoms with E-state index >= 15 is 0 Å². The highest BCUT2D eigenvalue weighted by Gasteiger charge is 2.59. The quantitative estimate of drug-likeness (QED) is 0.717. The van der Waals surface area contributed by atoms with E-state index in [-0.39, 0.29) is 5.41 Å². The molecule has 2 heteroatoms. The molecule has 24 heavy (non-hydrogen) atoms. The smallest absolute Gasteiger partial charge is 0.155 e. The summed E-state index contributed by atoms with van der Waals surface area (Å²) in [6, 6.07) is 0. The zero-order valence-corrected chi connectivity index (χ0v) is 15.5. The van der Waals surface area contributed by atoms with E-state index in [0.717, 1.165) is 43.4 Å². The molecule has 2 nitrogen and oxygen atoms in total. The van der Waals surface area contributed by atoms with Gasteiger partial charge in [0, 0.05) is 12.3 Å². The van der Waals surface area contributed by atoms with Gasteiger partial charge in [0.05, 0.1) is 0 Å². The van der Waals surface area contributed by atoms with E-state index < -0.39 is 0 Å². The normalized spacial score (nSPS) is 47.5. The summed E-state index contributed by atoms with van der Waals surface area (Å²) in [6.07, 6.45) is 11.1. The van der Waals surface area contributed by atoms with Gasteiger partial charge in [-0.05, 0) is 86.5 Å². The molecule has 0 N–H and O–H groups in total. The van der Waals surface area contributed by atoms with Crippen LogP contribution < -0.4 is 0 Å². The topological polar surface area (TPSA) is 34.1 Å². The molecule has 4 rings (SSSR count). The van der Waals surface area contributed by atoms with Gasteiger partial charge >= 0.3 is 0 Å². The first-order valence-electron chi connectivity index (χ1n) is 10.2. The van der Waals surface area contributed by atoms with Crippen molar-refractivity contribution in [3.63, 3.8) is 0 Å². The van der Waals surface area contributed by atoms with Gasteiger partial charge in [-0.15, -0.1) is 0 Å². The van der Waals surface area contributed by atoms with E-state index in [1.807, 2.05) is 13.0 Å². The summed E-state index contributed by atoms with van der Waals surface area (Å²) in [5, 5.41) is 0. The Hall–Kier alpha value is -0.920.